The van der Waals surface area contributed by atoms with Crippen LogP contribution in [-0.2, 0) is 26.4 Å². The number of rotatable bonds is 9. The normalized spacial score (nSPS) is 18.6. The Morgan fingerprint density at radius 2 is 1.75 bits per heavy atom. The van der Waals surface area contributed by atoms with Gasteiger partial charge in [-0.05, 0) is 73.6 Å². The molecule has 3 rings (SSSR count). The van der Waals surface area contributed by atoms with Gasteiger partial charge in [-0.25, -0.2) is 10.3 Å². The minimum atomic E-state index is -1.27. The summed E-state index contributed by atoms with van der Waals surface area (Å²) in [6, 6.07) is 11.0. The van der Waals surface area contributed by atoms with Gasteiger partial charge in [-0.3, -0.25) is 19.6 Å². The molecule has 1 aliphatic rings. The van der Waals surface area contributed by atoms with Gasteiger partial charge >= 0.3 is 6.09 Å². The molecule has 0 aliphatic carbocycles. The summed E-state index contributed by atoms with van der Waals surface area (Å²) in [6.07, 6.45) is -0.739. The van der Waals surface area contributed by atoms with Crippen molar-refractivity contribution in [2.75, 3.05) is 11.9 Å². The van der Waals surface area contributed by atoms with Gasteiger partial charge in [0.2, 0.25) is 11.8 Å². The largest absolute Gasteiger partial charge is 0.489 e. The van der Waals surface area contributed by atoms with Gasteiger partial charge in [0.25, 0.3) is 5.91 Å². The van der Waals surface area contributed by atoms with Crippen LogP contribution in [0.2, 0.25) is 0 Å². The zero-order chi connectivity index (χ0) is 29.8. The molecular formula is C29H38N4O7. The van der Waals surface area contributed by atoms with Gasteiger partial charge in [-0.2, -0.15) is 0 Å². The molecule has 11 nitrogen and oxygen atoms in total. The number of carbonyl (C=O) groups is 4. The molecule has 0 saturated carbocycles. The second kappa shape index (κ2) is 12.0. The summed E-state index contributed by atoms with van der Waals surface area (Å²) in [4.78, 5) is 50.5. The molecule has 0 radical (unpaired) electrons. The van der Waals surface area contributed by atoms with Crippen molar-refractivity contribution in [2.24, 2.45) is 5.41 Å². The van der Waals surface area contributed by atoms with Gasteiger partial charge in [0.1, 0.15) is 24.4 Å². The number of nitrogens with one attached hydrogen (secondary N) is 3. The van der Waals surface area contributed by atoms with Gasteiger partial charge in [0.05, 0.1) is 5.41 Å². The van der Waals surface area contributed by atoms with Crippen LogP contribution in [0, 0.1) is 12.3 Å². The fourth-order valence-corrected chi connectivity index (χ4v) is 4.86. The highest BCUT2D eigenvalue weighted by Crippen LogP contribution is 2.37. The SMILES string of the molecule is Cc1cc(COc2ccc(C3(C)CCN(C(C)C(=O)NO)C3=O)cc2)cc(NC(=O)[C@H](NC(=O)O)C(C)(C)C)c1. The smallest absolute Gasteiger partial charge is 0.405 e. The topological polar surface area (TPSA) is 157 Å². The van der Waals surface area contributed by atoms with Crippen LogP contribution in [0.25, 0.3) is 0 Å². The van der Waals surface area contributed by atoms with E-state index >= 15 is 0 Å². The van der Waals surface area contributed by atoms with Crippen molar-refractivity contribution in [3.05, 3.63) is 59.2 Å². The third kappa shape index (κ3) is 6.90. The van der Waals surface area contributed by atoms with Crippen LogP contribution in [0.3, 0.4) is 0 Å². The van der Waals surface area contributed by atoms with E-state index in [0.29, 0.717) is 24.4 Å². The third-order valence-corrected chi connectivity index (χ3v) is 7.24. The average Bonchev–Trinajstić information content (AvgIpc) is 3.19. The molecule has 1 saturated heterocycles. The maximum Gasteiger partial charge on any atom is 0.405 e. The molecule has 2 aromatic rings. The third-order valence-electron chi connectivity index (χ3n) is 7.24. The van der Waals surface area contributed by atoms with Crippen molar-refractivity contribution in [1.29, 1.82) is 0 Å². The Morgan fingerprint density at radius 3 is 2.33 bits per heavy atom. The minimum Gasteiger partial charge on any atom is -0.489 e. The lowest BCUT2D eigenvalue weighted by Gasteiger charge is -2.29. The Balaban J connectivity index is 1.67. The standard InChI is InChI=1S/C29H38N4O7/c1-17-13-19(15-21(14-17)30-25(35)23(28(3,4)5)31-27(37)38)16-40-22-9-7-20(8-10-22)29(6)11-12-33(26(29)36)18(2)24(34)32-39/h7-10,13-15,18,23,31,39H,11-12,16H2,1-6H3,(H,30,35)(H,32,34)(H,37,38)/t18?,23-,29?/m0/s1. The van der Waals surface area contributed by atoms with E-state index in [2.05, 4.69) is 10.6 Å². The number of amides is 4. The number of nitrogens with zero attached hydrogens (tertiary/aromatic N) is 1. The molecule has 0 bridgehead atoms. The Hall–Kier alpha value is -4.12. The van der Waals surface area contributed by atoms with Crippen molar-refractivity contribution in [3.63, 3.8) is 0 Å². The Morgan fingerprint density at radius 1 is 1.10 bits per heavy atom. The Bertz CT molecular complexity index is 1270. The van der Waals surface area contributed by atoms with E-state index in [1.165, 1.54) is 4.90 Å². The summed E-state index contributed by atoms with van der Waals surface area (Å²) < 4.78 is 5.97. The number of carbonyl (C=O) groups excluding carboxylic acids is 3. The van der Waals surface area contributed by atoms with Gasteiger partial charge in [-0.15, -0.1) is 0 Å². The average molecular weight is 555 g/mol. The summed E-state index contributed by atoms with van der Waals surface area (Å²) in [7, 11) is 0. The second-order valence-corrected chi connectivity index (χ2v) is 11.5. The highest BCUT2D eigenvalue weighted by atomic mass is 16.5. The quantitative estimate of drug-likeness (QED) is 0.234. The number of hydroxylamine groups is 1. The monoisotopic (exact) mass is 554 g/mol. The van der Waals surface area contributed by atoms with Crippen LogP contribution in [0.4, 0.5) is 10.5 Å². The second-order valence-electron chi connectivity index (χ2n) is 11.5. The van der Waals surface area contributed by atoms with Crippen LogP contribution >= 0.6 is 0 Å². The molecule has 1 aliphatic heterocycles. The van der Waals surface area contributed by atoms with Gasteiger partial charge in [-0.1, -0.05) is 39.0 Å². The van der Waals surface area contributed by atoms with Crippen LogP contribution in [0.1, 0.15) is 57.7 Å². The first-order chi connectivity index (χ1) is 18.6. The molecule has 1 heterocycles. The molecule has 0 spiro atoms. The number of likely N-dealkylation sites (tertiary alicyclic amines) is 1. The summed E-state index contributed by atoms with van der Waals surface area (Å²) in [5.74, 6) is -0.680. The number of hydrogen-bond donors (Lipinski definition) is 5. The molecule has 0 aromatic heterocycles. The molecule has 5 N–H and O–H groups in total. The summed E-state index contributed by atoms with van der Waals surface area (Å²) in [6.45, 7) is 11.3. The van der Waals surface area contributed by atoms with E-state index in [1.807, 2.05) is 32.0 Å². The fourth-order valence-electron chi connectivity index (χ4n) is 4.86. The Labute approximate surface area is 233 Å². The maximum absolute atomic E-state index is 13.1. The van der Waals surface area contributed by atoms with E-state index in [0.717, 1.165) is 16.7 Å². The summed E-state index contributed by atoms with van der Waals surface area (Å²) >= 11 is 0. The molecule has 3 atom stereocenters. The number of hydrogen-bond acceptors (Lipinski definition) is 6. The molecule has 1 fully saturated rings. The first-order valence-electron chi connectivity index (χ1n) is 13.0. The van der Waals surface area contributed by atoms with E-state index in [4.69, 9.17) is 15.1 Å². The molecule has 11 heteroatoms. The molecular weight excluding hydrogens is 516 g/mol. The number of ether oxygens (including phenoxy) is 1. The van der Waals surface area contributed by atoms with E-state index in [-0.39, 0.29) is 12.5 Å². The van der Waals surface area contributed by atoms with E-state index in [9.17, 15) is 19.2 Å². The number of aryl methyl sites for hydroxylation is 1. The van der Waals surface area contributed by atoms with Crippen molar-refractivity contribution in [1.82, 2.24) is 15.7 Å². The highest BCUT2D eigenvalue weighted by Gasteiger charge is 2.46. The van der Waals surface area contributed by atoms with Gasteiger partial charge in [0.15, 0.2) is 0 Å². The number of anilines is 1. The number of benzene rings is 2. The first kappa shape index (κ1) is 30.4. The van der Waals surface area contributed by atoms with Crippen LogP contribution < -0.4 is 20.9 Å². The molecule has 4 amide bonds. The fraction of sp³-hybridized carbons (Fsp3) is 0.448. The lowest BCUT2D eigenvalue weighted by Crippen LogP contribution is -2.51. The Kier molecular flexibility index (Phi) is 9.09. The van der Waals surface area contributed by atoms with Crippen LogP contribution in [0.5, 0.6) is 5.75 Å². The van der Waals surface area contributed by atoms with Gasteiger partial charge in [0, 0.05) is 12.2 Å². The molecule has 216 valence electrons. The summed E-state index contributed by atoms with van der Waals surface area (Å²) in [5.41, 5.74) is 3.21. The van der Waals surface area contributed by atoms with Crippen molar-refractivity contribution in [2.45, 2.75) is 72.1 Å². The predicted octanol–water partition coefficient (Wildman–Crippen LogP) is 3.58. The lowest BCUT2D eigenvalue weighted by molar-refractivity contribution is -0.143. The van der Waals surface area contributed by atoms with Crippen molar-refractivity contribution < 1.29 is 34.2 Å². The van der Waals surface area contributed by atoms with E-state index < -0.39 is 40.8 Å². The predicted molar refractivity (Wildman–Crippen MR) is 148 cm³/mol. The number of carboxylic acid groups (broad SMARTS) is 1. The first-order valence-corrected chi connectivity index (χ1v) is 13.0. The highest BCUT2D eigenvalue weighted by molar-refractivity contribution is 5.97. The minimum absolute atomic E-state index is 0.182. The van der Waals surface area contributed by atoms with Crippen molar-refractivity contribution in [3.8, 4) is 5.75 Å². The van der Waals surface area contributed by atoms with Crippen LogP contribution in [0.15, 0.2) is 42.5 Å². The molecule has 2 aromatic carbocycles. The molecule has 40 heavy (non-hydrogen) atoms. The van der Waals surface area contributed by atoms with Crippen molar-refractivity contribution >= 4 is 29.5 Å². The molecule has 2 unspecified atom stereocenters. The van der Waals surface area contributed by atoms with E-state index in [1.54, 1.807) is 57.4 Å². The maximum atomic E-state index is 13.1. The lowest BCUT2D eigenvalue weighted by atomic mass is 9.81. The zero-order valence-electron chi connectivity index (χ0n) is 23.7. The summed E-state index contributed by atoms with van der Waals surface area (Å²) in [5, 5.41) is 23.2. The zero-order valence-corrected chi connectivity index (χ0v) is 23.7. The van der Waals surface area contributed by atoms with Crippen LogP contribution in [-0.4, -0.2) is 57.7 Å². The van der Waals surface area contributed by atoms with Gasteiger partial charge < -0.3 is 25.4 Å².